The predicted molar refractivity (Wildman–Crippen MR) is 85.6 cm³/mol. The molecule has 0 aliphatic carbocycles. The van der Waals surface area contributed by atoms with Crippen molar-refractivity contribution in [3.05, 3.63) is 29.6 Å². The molecule has 0 spiro atoms. The van der Waals surface area contributed by atoms with E-state index >= 15 is 0 Å². The van der Waals surface area contributed by atoms with Crippen LogP contribution in [0.5, 0.6) is 0 Å². The summed E-state index contributed by atoms with van der Waals surface area (Å²) in [7, 11) is 0. The van der Waals surface area contributed by atoms with Gasteiger partial charge in [0.05, 0.1) is 12.5 Å². The first-order valence-corrected chi connectivity index (χ1v) is 7.85. The Bertz CT molecular complexity index is 589. The summed E-state index contributed by atoms with van der Waals surface area (Å²) in [6.07, 6.45) is 0.231. The van der Waals surface area contributed by atoms with Crippen LogP contribution >= 0.6 is 0 Å². The topological polar surface area (TPSA) is 58.6 Å². The van der Waals surface area contributed by atoms with Crippen LogP contribution in [0.3, 0.4) is 0 Å². The van der Waals surface area contributed by atoms with Gasteiger partial charge in [-0.3, -0.25) is 4.79 Å². The lowest BCUT2D eigenvalue weighted by molar-refractivity contribution is -0.119. The molecule has 6 heteroatoms. The maximum atomic E-state index is 13.2. The number of aryl methyl sites for hydroxylation is 1. The first kappa shape index (κ1) is 17.2. The molecular formula is C17H23FN2O3. The van der Waals surface area contributed by atoms with Crippen molar-refractivity contribution < 1.29 is 18.7 Å². The van der Waals surface area contributed by atoms with E-state index in [0.717, 1.165) is 0 Å². The molecule has 1 atom stereocenters. The van der Waals surface area contributed by atoms with Crippen LogP contribution in [0, 0.1) is 24.6 Å². The smallest absolute Gasteiger partial charge is 0.409 e. The van der Waals surface area contributed by atoms with Gasteiger partial charge in [-0.15, -0.1) is 0 Å². The first-order chi connectivity index (χ1) is 10.9. The Morgan fingerprint density at radius 3 is 2.83 bits per heavy atom. The van der Waals surface area contributed by atoms with Crippen LogP contribution in [0.2, 0.25) is 0 Å². The van der Waals surface area contributed by atoms with Crippen molar-refractivity contribution in [2.24, 2.45) is 11.8 Å². The van der Waals surface area contributed by atoms with Crippen LogP contribution in [-0.4, -0.2) is 36.6 Å². The Kier molecular flexibility index (Phi) is 5.58. The Labute approximate surface area is 135 Å². The third-order valence-corrected chi connectivity index (χ3v) is 3.78. The molecule has 2 rings (SSSR count). The minimum absolute atomic E-state index is 0.157. The number of halogens is 1. The molecule has 0 unspecified atom stereocenters. The summed E-state index contributed by atoms with van der Waals surface area (Å²) in [5.41, 5.74) is 1.04. The molecule has 1 N–H and O–H groups in total. The lowest BCUT2D eigenvalue weighted by atomic mass is 10.1. The van der Waals surface area contributed by atoms with Crippen LogP contribution in [0.15, 0.2) is 18.2 Å². The normalized spacial score (nSPS) is 17.4. The maximum Gasteiger partial charge on any atom is 0.409 e. The molecule has 1 aliphatic rings. The number of carbonyl (C=O) groups excluding carboxylic acids is 2. The second-order valence-corrected chi connectivity index (χ2v) is 6.36. The van der Waals surface area contributed by atoms with Crippen molar-refractivity contribution in [2.75, 3.05) is 25.0 Å². The average molecular weight is 322 g/mol. The lowest BCUT2D eigenvalue weighted by Gasteiger charge is -2.17. The second-order valence-electron chi connectivity index (χ2n) is 6.36. The zero-order valence-electron chi connectivity index (χ0n) is 13.8. The number of nitrogens with one attached hydrogen (secondary N) is 1. The van der Waals surface area contributed by atoms with E-state index in [-0.39, 0.29) is 29.7 Å². The van der Waals surface area contributed by atoms with Crippen molar-refractivity contribution in [1.29, 1.82) is 0 Å². The van der Waals surface area contributed by atoms with Crippen molar-refractivity contribution in [1.82, 2.24) is 4.90 Å². The van der Waals surface area contributed by atoms with Crippen LogP contribution < -0.4 is 5.32 Å². The molecule has 1 fully saturated rings. The fraction of sp³-hybridized carbons (Fsp3) is 0.529. The van der Waals surface area contributed by atoms with E-state index < -0.39 is 0 Å². The first-order valence-electron chi connectivity index (χ1n) is 7.85. The third-order valence-electron chi connectivity index (χ3n) is 3.78. The van der Waals surface area contributed by atoms with Gasteiger partial charge in [0.25, 0.3) is 0 Å². The Balaban J connectivity index is 1.87. The molecule has 0 aromatic heterocycles. The van der Waals surface area contributed by atoms with Gasteiger partial charge in [-0.25, -0.2) is 9.18 Å². The quantitative estimate of drug-likeness (QED) is 0.926. The summed E-state index contributed by atoms with van der Waals surface area (Å²) in [6.45, 7) is 6.82. The van der Waals surface area contributed by atoms with Gasteiger partial charge in [0.15, 0.2) is 0 Å². The molecule has 1 heterocycles. The van der Waals surface area contributed by atoms with Crippen molar-refractivity contribution >= 4 is 17.7 Å². The molecule has 5 nitrogen and oxygen atoms in total. The predicted octanol–water partition coefficient (Wildman–Crippen LogP) is 3.19. The van der Waals surface area contributed by atoms with E-state index in [1.807, 2.05) is 13.8 Å². The fourth-order valence-corrected chi connectivity index (χ4v) is 2.44. The number of anilines is 1. The molecule has 23 heavy (non-hydrogen) atoms. The van der Waals surface area contributed by atoms with E-state index in [1.165, 1.54) is 12.1 Å². The Hall–Kier alpha value is -2.11. The largest absolute Gasteiger partial charge is 0.449 e. The van der Waals surface area contributed by atoms with Gasteiger partial charge in [0.1, 0.15) is 5.82 Å². The molecule has 1 aromatic rings. The molecule has 2 amide bonds. The minimum Gasteiger partial charge on any atom is -0.449 e. The average Bonchev–Trinajstić information content (AvgIpc) is 2.98. The number of amides is 2. The van der Waals surface area contributed by atoms with E-state index in [1.54, 1.807) is 17.9 Å². The zero-order valence-corrected chi connectivity index (χ0v) is 13.8. The van der Waals surface area contributed by atoms with E-state index in [0.29, 0.717) is 37.4 Å². The maximum absolute atomic E-state index is 13.2. The number of nitrogens with zero attached hydrogens (tertiary/aromatic N) is 1. The Morgan fingerprint density at radius 1 is 1.43 bits per heavy atom. The monoisotopic (exact) mass is 322 g/mol. The number of likely N-dealkylation sites (tertiary alicyclic amines) is 1. The second kappa shape index (κ2) is 7.44. The van der Waals surface area contributed by atoms with E-state index in [9.17, 15) is 14.0 Å². The number of carbonyl (C=O) groups is 2. The van der Waals surface area contributed by atoms with Gasteiger partial charge in [-0.05, 0) is 43.0 Å². The summed E-state index contributed by atoms with van der Waals surface area (Å²) in [5.74, 6) is -0.451. The molecule has 1 aliphatic heterocycles. The third kappa shape index (κ3) is 4.68. The standard InChI is InChI=1S/C17H23FN2O3/c1-11(2)10-23-17(22)20-7-6-13(9-20)16(21)19-14-4-5-15(18)12(3)8-14/h4-5,8,11,13H,6-7,9-10H2,1-3H3,(H,19,21)/t13-/m0/s1. The van der Waals surface area contributed by atoms with Gasteiger partial charge >= 0.3 is 6.09 Å². The number of rotatable bonds is 4. The highest BCUT2D eigenvalue weighted by atomic mass is 19.1. The van der Waals surface area contributed by atoms with Crippen LogP contribution in [0.1, 0.15) is 25.8 Å². The molecule has 0 radical (unpaired) electrons. The summed E-state index contributed by atoms with van der Waals surface area (Å²) in [4.78, 5) is 25.7. The number of ether oxygens (including phenoxy) is 1. The lowest BCUT2D eigenvalue weighted by Crippen LogP contribution is -2.32. The number of hydrogen-bond acceptors (Lipinski definition) is 3. The molecule has 1 aromatic carbocycles. The molecule has 126 valence electrons. The highest BCUT2D eigenvalue weighted by Crippen LogP contribution is 2.20. The van der Waals surface area contributed by atoms with Crippen molar-refractivity contribution in [3.8, 4) is 0 Å². The number of benzene rings is 1. The summed E-state index contributed by atoms with van der Waals surface area (Å²) in [5, 5.41) is 2.78. The van der Waals surface area contributed by atoms with E-state index in [4.69, 9.17) is 4.74 Å². The highest BCUT2D eigenvalue weighted by Gasteiger charge is 2.32. The highest BCUT2D eigenvalue weighted by molar-refractivity contribution is 5.93. The van der Waals surface area contributed by atoms with Gasteiger partial charge < -0.3 is 15.0 Å². The van der Waals surface area contributed by atoms with Gasteiger partial charge in [0, 0.05) is 18.8 Å². The minimum atomic E-state index is -0.369. The van der Waals surface area contributed by atoms with Crippen molar-refractivity contribution in [2.45, 2.75) is 27.2 Å². The summed E-state index contributed by atoms with van der Waals surface area (Å²) >= 11 is 0. The van der Waals surface area contributed by atoms with Crippen LogP contribution in [0.25, 0.3) is 0 Å². The van der Waals surface area contributed by atoms with Gasteiger partial charge in [-0.2, -0.15) is 0 Å². The van der Waals surface area contributed by atoms with Gasteiger partial charge in [-0.1, -0.05) is 13.8 Å². The fourth-order valence-electron chi connectivity index (χ4n) is 2.44. The van der Waals surface area contributed by atoms with Crippen molar-refractivity contribution in [3.63, 3.8) is 0 Å². The molecular weight excluding hydrogens is 299 g/mol. The zero-order chi connectivity index (χ0) is 17.0. The summed E-state index contributed by atoms with van der Waals surface area (Å²) in [6, 6.07) is 4.45. The molecule has 0 bridgehead atoms. The van der Waals surface area contributed by atoms with Gasteiger partial charge in [0.2, 0.25) is 5.91 Å². The SMILES string of the molecule is Cc1cc(NC(=O)[C@H]2CCN(C(=O)OCC(C)C)C2)ccc1F. The molecule has 1 saturated heterocycles. The van der Waals surface area contributed by atoms with E-state index in [2.05, 4.69) is 5.32 Å². The Morgan fingerprint density at radius 2 is 2.17 bits per heavy atom. The van der Waals surface area contributed by atoms with Crippen LogP contribution in [0.4, 0.5) is 14.9 Å². The van der Waals surface area contributed by atoms with Crippen LogP contribution in [-0.2, 0) is 9.53 Å². The number of hydrogen-bond donors (Lipinski definition) is 1. The summed E-state index contributed by atoms with van der Waals surface area (Å²) < 4.78 is 18.4. The molecule has 0 saturated carbocycles.